The number of hydrogen-bond acceptors (Lipinski definition) is 5. The van der Waals surface area contributed by atoms with Crippen molar-refractivity contribution in [3.63, 3.8) is 0 Å². The van der Waals surface area contributed by atoms with Crippen LogP contribution in [-0.4, -0.2) is 62.1 Å². The van der Waals surface area contributed by atoms with Crippen molar-refractivity contribution in [2.75, 3.05) is 46.0 Å². The number of β-amino-alcohol motifs (C(OH)–C–C–N with tert-alkyl or cyclic N) is 1. The van der Waals surface area contributed by atoms with Gasteiger partial charge in [-0.3, -0.25) is 4.90 Å². The first-order chi connectivity index (χ1) is 13.7. The van der Waals surface area contributed by atoms with Crippen LogP contribution in [0.1, 0.15) is 11.1 Å². The van der Waals surface area contributed by atoms with Crippen LogP contribution in [0.25, 0.3) is 0 Å². The fraction of sp³-hybridized carbons (Fsp3) is 0.455. The summed E-state index contributed by atoms with van der Waals surface area (Å²) in [5.41, 5.74) is 1.81. The number of hydrogen-bond donors (Lipinski definition) is 2. The van der Waals surface area contributed by atoms with Gasteiger partial charge in [-0.25, -0.2) is 4.39 Å². The second kappa shape index (κ2) is 11.1. The largest absolute Gasteiger partial charge is 0.491 e. The lowest BCUT2D eigenvalue weighted by molar-refractivity contribution is 0.00465. The Morgan fingerprint density at radius 3 is 2.79 bits per heavy atom. The van der Waals surface area contributed by atoms with E-state index in [9.17, 15) is 9.50 Å². The molecule has 6 heteroatoms. The van der Waals surface area contributed by atoms with Crippen molar-refractivity contribution in [2.45, 2.75) is 19.1 Å². The van der Waals surface area contributed by atoms with Gasteiger partial charge in [0.25, 0.3) is 0 Å². The lowest BCUT2D eigenvalue weighted by Gasteiger charge is -2.28. The lowest BCUT2D eigenvalue weighted by atomic mass is 10.1. The number of ether oxygens (including phenoxy) is 2. The quantitative estimate of drug-likeness (QED) is 0.612. The fourth-order valence-corrected chi connectivity index (χ4v) is 3.23. The van der Waals surface area contributed by atoms with Crippen LogP contribution in [-0.2, 0) is 17.7 Å². The van der Waals surface area contributed by atoms with E-state index in [4.69, 9.17) is 9.47 Å². The van der Waals surface area contributed by atoms with E-state index >= 15 is 0 Å². The van der Waals surface area contributed by atoms with Gasteiger partial charge in [0.15, 0.2) is 0 Å². The first-order valence-corrected chi connectivity index (χ1v) is 9.85. The standard InChI is InChI=1S/C22H29FN2O3/c23-22-7-2-1-5-19(22)8-9-24-15-18-4-3-6-21(14-18)28-17-20(26)16-25-10-12-27-13-11-25/h1-7,14,20,24,26H,8-13,15-17H2/t20-/m0/s1. The van der Waals surface area contributed by atoms with Gasteiger partial charge in [0, 0.05) is 26.2 Å². The van der Waals surface area contributed by atoms with Gasteiger partial charge in [0.1, 0.15) is 24.3 Å². The maximum atomic E-state index is 13.6. The van der Waals surface area contributed by atoms with Crippen molar-refractivity contribution in [3.05, 3.63) is 65.5 Å². The zero-order valence-corrected chi connectivity index (χ0v) is 16.1. The van der Waals surface area contributed by atoms with Crippen molar-refractivity contribution in [2.24, 2.45) is 0 Å². The highest BCUT2D eigenvalue weighted by Gasteiger charge is 2.15. The number of nitrogens with zero attached hydrogens (tertiary/aromatic N) is 1. The van der Waals surface area contributed by atoms with Crippen molar-refractivity contribution < 1.29 is 19.0 Å². The Morgan fingerprint density at radius 1 is 1.14 bits per heavy atom. The van der Waals surface area contributed by atoms with Crippen molar-refractivity contribution in [1.82, 2.24) is 10.2 Å². The van der Waals surface area contributed by atoms with Gasteiger partial charge in [0.2, 0.25) is 0 Å². The van der Waals surface area contributed by atoms with E-state index in [0.717, 1.165) is 43.2 Å². The van der Waals surface area contributed by atoms with Crippen LogP contribution >= 0.6 is 0 Å². The molecule has 0 aliphatic carbocycles. The van der Waals surface area contributed by atoms with Crippen LogP contribution in [0.3, 0.4) is 0 Å². The zero-order chi connectivity index (χ0) is 19.6. The SMILES string of the molecule is O[C@H](COc1cccc(CNCCc2ccccc2F)c1)CN1CCOCC1. The van der Waals surface area contributed by atoms with Gasteiger partial charge in [-0.15, -0.1) is 0 Å². The molecule has 0 saturated carbocycles. The number of halogens is 1. The molecule has 0 bridgehead atoms. The molecule has 1 saturated heterocycles. The van der Waals surface area contributed by atoms with Crippen LogP contribution in [0, 0.1) is 5.82 Å². The van der Waals surface area contributed by atoms with Gasteiger partial charge in [-0.1, -0.05) is 30.3 Å². The van der Waals surface area contributed by atoms with Crippen LogP contribution in [0.15, 0.2) is 48.5 Å². The van der Waals surface area contributed by atoms with Gasteiger partial charge in [0.05, 0.1) is 13.2 Å². The summed E-state index contributed by atoms with van der Waals surface area (Å²) < 4.78 is 24.7. The summed E-state index contributed by atoms with van der Waals surface area (Å²) in [6.45, 7) is 5.39. The number of nitrogens with one attached hydrogen (secondary N) is 1. The van der Waals surface area contributed by atoms with E-state index in [-0.39, 0.29) is 12.4 Å². The Balaban J connectivity index is 1.37. The van der Waals surface area contributed by atoms with Crippen molar-refractivity contribution in [1.29, 1.82) is 0 Å². The molecule has 1 aliphatic heterocycles. The predicted octanol–water partition coefficient (Wildman–Crippen LogP) is 2.23. The molecule has 0 amide bonds. The minimum absolute atomic E-state index is 0.157. The molecule has 28 heavy (non-hydrogen) atoms. The lowest BCUT2D eigenvalue weighted by Crippen LogP contribution is -2.42. The molecule has 2 N–H and O–H groups in total. The van der Waals surface area contributed by atoms with E-state index in [1.165, 1.54) is 6.07 Å². The van der Waals surface area contributed by atoms with E-state index in [1.807, 2.05) is 36.4 Å². The van der Waals surface area contributed by atoms with E-state index in [0.29, 0.717) is 26.1 Å². The summed E-state index contributed by atoms with van der Waals surface area (Å²) in [4.78, 5) is 2.19. The minimum Gasteiger partial charge on any atom is -0.491 e. The van der Waals surface area contributed by atoms with Crippen LogP contribution in [0.4, 0.5) is 4.39 Å². The van der Waals surface area contributed by atoms with Crippen molar-refractivity contribution in [3.8, 4) is 5.75 Å². The Bertz CT molecular complexity index is 722. The molecule has 2 aromatic carbocycles. The number of benzene rings is 2. The molecule has 3 rings (SSSR count). The normalized spacial score (nSPS) is 16.1. The molecule has 1 atom stereocenters. The molecule has 1 aliphatic rings. The minimum atomic E-state index is -0.527. The smallest absolute Gasteiger partial charge is 0.126 e. The summed E-state index contributed by atoms with van der Waals surface area (Å²) in [7, 11) is 0. The molecule has 0 spiro atoms. The predicted molar refractivity (Wildman–Crippen MR) is 107 cm³/mol. The molecular weight excluding hydrogens is 359 g/mol. The van der Waals surface area contributed by atoms with Crippen LogP contribution in [0.5, 0.6) is 5.75 Å². The van der Waals surface area contributed by atoms with Gasteiger partial charge < -0.3 is 19.9 Å². The summed E-state index contributed by atoms with van der Waals surface area (Å²) in [6, 6.07) is 14.7. The fourth-order valence-electron chi connectivity index (χ4n) is 3.23. The van der Waals surface area contributed by atoms with Gasteiger partial charge in [-0.05, 0) is 42.3 Å². The number of rotatable bonds is 10. The van der Waals surface area contributed by atoms with E-state index in [1.54, 1.807) is 6.07 Å². The van der Waals surface area contributed by atoms with E-state index < -0.39 is 6.10 Å². The van der Waals surface area contributed by atoms with E-state index in [2.05, 4.69) is 10.2 Å². The summed E-state index contributed by atoms with van der Waals surface area (Å²) in [5.74, 6) is 0.588. The number of aliphatic hydroxyl groups is 1. The third kappa shape index (κ3) is 6.87. The van der Waals surface area contributed by atoms with Crippen LogP contribution in [0.2, 0.25) is 0 Å². The first-order valence-electron chi connectivity index (χ1n) is 9.85. The maximum Gasteiger partial charge on any atom is 0.126 e. The molecule has 152 valence electrons. The molecule has 1 heterocycles. The van der Waals surface area contributed by atoms with Crippen LogP contribution < -0.4 is 10.1 Å². The van der Waals surface area contributed by atoms with Crippen molar-refractivity contribution >= 4 is 0 Å². The monoisotopic (exact) mass is 388 g/mol. The Hall–Kier alpha value is -1.99. The molecule has 0 aromatic heterocycles. The molecule has 2 aromatic rings. The summed E-state index contributed by atoms with van der Waals surface area (Å²) in [6.07, 6.45) is 0.122. The van der Waals surface area contributed by atoms with Gasteiger partial charge in [-0.2, -0.15) is 0 Å². The summed E-state index contributed by atoms with van der Waals surface area (Å²) >= 11 is 0. The first kappa shape index (κ1) is 20.7. The number of aliphatic hydroxyl groups excluding tert-OH is 1. The third-order valence-electron chi connectivity index (χ3n) is 4.77. The third-order valence-corrected chi connectivity index (χ3v) is 4.77. The maximum absolute atomic E-state index is 13.6. The molecule has 0 unspecified atom stereocenters. The average Bonchev–Trinajstić information content (AvgIpc) is 2.72. The Kier molecular flexibility index (Phi) is 8.23. The Labute approximate surface area is 166 Å². The molecule has 1 fully saturated rings. The topological polar surface area (TPSA) is 54.0 Å². The molecule has 5 nitrogen and oxygen atoms in total. The molecular formula is C22H29FN2O3. The average molecular weight is 388 g/mol. The second-order valence-electron chi connectivity index (χ2n) is 7.04. The number of morpholine rings is 1. The second-order valence-corrected chi connectivity index (χ2v) is 7.04. The molecule has 0 radical (unpaired) electrons. The Morgan fingerprint density at radius 2 is 1.96 bits per heavy atom. The summed E-state index contributed by atoms with van der Waals surface area (Å²) in [5, 5.41) is 13.5. The highest BCUT2D eigenvalue weighted by atomic mass is 19.1. The highest BCUT2D eigenvalue weighted by molar-refractivity contribution is 5.28. The highest BCUT2D eigenvalue weighted by Crippen LogP contribution is 2.14. The van der Waals surface area contributed by atoms with Gasteiger partial charge >= 0.3 is 0 Å². The zero-order valence-electron chi connectivity index (χ0n) is 16.1.